The lowest BCUT2D eigenvalue weighted by atomic mass is 9.52. The van der Waals surface area contributed by atoms with E-state index in [9.17, 15) is 10.5 Å². The molecule has 0 unspecified atom stereocenters. The van der Waals surface area contributed by atoms with E-state index in [1.54, 1.807) is 42.4 Å². The largest absolute Gasteiger partial charge is 0.394 e. The van der Waals surface area contributed by atoms with Gasteiger partial charge in [0.05, 0.1) is 53.5 Å². The van der Waals surface area contributed by atoms with Crippen molar-refractivity contribution in [2.75, 3.05) is 20.1 Å². The Labute approximate surface area is 197 Å². The van der Waals surface area contributed by atoms with Crippen molar-refractivity contribution in [3.63, 3.8) is 0 Å². The van der Waals surface area contributed by atoms with Crippen LogP contribution >= 0.6 is 0 Å². The SMILES string of the molecule is CN/C=C\C(=N)c1cn2nccc2c(-c2cnn(C3(CC#N)CC4(CCN(C#N)CC4)C3)c2)n1. The molecule has 0 aromatic carbocycles. The van der Waals surface area contributed by atoms with E-state index in [4.69, 9.17) is 10.4 Å². The maximum atomic E-state index is 9.60. The van der Waals surface area contributed by atoms with E-state index in [1.165, 1.54) is 0 Å². The van der Waals surface area contributed by atoms with Crippen molar-refractivity contribution in [2.24, 2.45) is 5.41 Å². The minimum Gasteiger partial charge on any atom is -0.394 e. The van der Waals surface area contributed by atoms with Gasteiger partial charge in [-0.3, -0.25) is 10.1 Å². The van der Waals surface area contributed by atoms with Gasteiger partial charge < -0.3 is 10.2 Å². The van der Waals surface area contributed by atoms with Gasteiger partial charge in [-0.15, -0.1) is 0 Å². The number of rotatable bonds is 6. The molecule has 34 heavy (non-hydrogen) atoms. The highest BCUT2D eigenvalue weighted by Gasteiger charge is 2.56. The average Bonchev–Trinajstić information content (AvgIpc) is 3.51. The third-order valence-electron chi connectivity index (χ3n) is 7.21. The predicted molar refractivity (Wildman–Crippen MR) is 126 cm³/mol. The van der Waals surface area contributed by atoms with Gasteiger partial charge in [0.25, 0.3) is 0 Å². The number of aromatic nitrogens is 5. The molecule has 3 aromatic rings. The van der Waals surface area contributed by atoms with Crippen LogP contribution in [0.5, 0.6) is 0 Å². The molecule has 1 saturated heterocycles. The van der Waals surface area contributed by atoms with E-state index < -0.39 is 0 Å². The van der Waals surface area contributed by atoms with Crippen LogP contribution in [0.3, 0.4) is 0 Å². The van der Waals surface area contributed by atoms with Gasteiger partial charge in [-0.1, -0.05) is 0 Å². The van der Waals surface area contributed by atoms with Crippen molar-refractivity contribution < 1.29 is 0 Å². The Balaban J connectivity index is 1.46. The zero-order valence-corrected chi connectivity index (χ0v) is 19.1. The van der Waals surface area contributed by atoms with Gasteiger partial charge in [-0.05, 0) is 49.4 Å². The number of nitriles is 2. The molecule has 2 N–H and O–H groups in total. The van der Waals surface area contributed by atoms with Crippen molar-refractivity contribution in [1.82, 2.24) is 34.6 Å². The summed E-state index contributed by atoms with van der Waals surface area (Å²) in [5, 5.41) is 39.0. The topological polar surface area (TPSA) is 135 Å². The molecule has 1 aliphatic carbocycles. The fourth-order valence-corrected chi connectivity index (χ4v) is 5.52. The van der Waals surface area contributed by atoms with Crippen molar-refractivity contribution in [2.45, 2.75) is 37.6 Å². The zero-order valence-electron chi connectivity index (χ0n) is 19.1. The Morgan fingerprint density at radius 2 is 2.03 bits per heavy atom. The van der Waals surface area contributed by atoms with E-state index in [0.29, 0.717) is 17.8 Å². The van der Waals surface area contributed by atoms with Crippen LogP contribution in [0.15, 0.2) is 43.1 Å². The highest BCUT2D eigenvalue weighted by Crippen LogP contribution is 2.59. The first-order valence-electron chi connectivity index (χ1n) is 11.4. The summed E-state index contributed by atoms with van der Waals surface area (Å²) in [6.45, 7) is 1.57. The molecule has 0 bridgehead atoms. The van der Waals surface area contributed by atoms with Crippen LogP contribution in [-0.4, -0.2) is 55.1 Å². The van der Waals surface area contributed by atoms with Gasteiger partial charge in [0, 0.05) is 31.9 Å². The van der Waals surface area contributed by atoms with E-state index in [0.717, 1.165) is 49.9 Å². The number of nitrogens with zero attached hydrogens (tertiary/aromatic N) is 8. The lowest BCUT2D eigenvalue weighted by Crippen LogP contribution is -2.56. The standard InChI is InChI=1S/C24H26N10/c1-28-8-2-19(27)20-14-33-21(3-9-29-33)22(31-20)18-12-30-34(13-18)24(4-7-25)15-23(16-24)5-10-32(17-26)11-6-23/h2-3,8-9,12-14,27-28H,4-6,10-11,15-16H2,1H3/b8-2-,27-19?. The van der Waals surface area contributed by atoms with Gasteiger partial charge in [0.2, 0.25) is 0 Å². The zero-order chi connectivity index (χ0) is 23.8. The smallest absolute Gasteiger partial charge is 0.179 e. The molecule has 1 saturated carbocycles. The van der Waals surface area contributed by atoms with Gasteiger partial charge in [0.1, 0.15) is 5.69 Å². The van der Waals surface area contributed by atoms with Crippen molar-refractivity contribution in [1.29, 1.82) is 15.9 Å². The summed E-state index contributed by atoms with van der Waals surface area (Å²) in [5.41, 5.74) is 2.98. The van der Waals surface area contributed by atoms with Crippen molar-refractivity contribution in [3.05, 3.63) is 48.8 Å². The van der Waals surface area contributed by atoms with Crippen LogP contribution in [0.1, 0.15) is 37.8 Å². The maximum absolute atomic E-state index is 9.60. The minimum atomic E-state index is -0.335. The lowest BCUT2D eigenvalue weighted by Gasteiger charge is -2.58. The van der Waals surface area contributed by atoms with Gasteiger partial charge in [0.15, 0.2) is 6.19 Å². The first-order chi connectivity index (χ1) is 16.5. The second kappa shape index (κ2) is 8.31. The number of piperidine rings is 1. The van der Waals surface area contributed by atoms with Crippen molar-refractivity contribution in [3.8, 4) is 23.5 Å². The molecule has 0 amide bonds. The summed E-state index contributed by atoms with van der Waals surface area (Å²) in [5.74, 6) is 0. The molecule has 2 aliphatic rings. The monoisotopic (exact) mass is 454 g/mol. The number of hydrogen-bond acceptors (Lipinski definition) is 8. The molecular weight excluding hydrogens is 428 g/mol. The molecule has 5 rings (SSSR count). The number of allylic oxidation sites excluding steroid dienone is 1. The summed E-state index contributed by atoms with van der Waals surface area (Å²) in [4.78, 5) is 6.58. The molecule has 0 radical (unpaired) electrons. The molecular formula is C24H26N10. The molecule has 10 heteroatoms. The molecule has 172 valence electrons. The summed E-state index contributed by atoms with van der Waals surface area (Å²) in [7, 11) is 1.78. The summed E-state index contributed by atoms with van der Waals surface area (Å²) < 4.78 is 3.67. The third kappa shape index (κ3) is 3.57. The normalized spacial score (nSPS) is 18.5. The number of fused-ring (bicyclic) bond motifs is 1. The van der Waals surface area contributed by atoms with Gasteiger partial charge >= 0.3 is 0 Å². The first kappa shape index (κ1) is 21.7. The maximum Gasteiger partial charge on any atom is 0.179 e. The van der Waals surface area contributed by atoms with Gasteiger partial charge in [-0.2, -0.15) is 20.7 Å². The fraction of sp³-hybridized carbons (Fsp3) is 0.417. The molecule has 2 fully saturated rings. The second-order valence-corrected chi connectivity index (χ2v) is 9.34. The van der Waals surface area contributed by atoms with Crippen molar-refractivity contribution >= 4 is 11.2 Å². The van der Waals surface area contributed by atoms with Crippen LogP contribution in [-0.2, 0) is 5.54 Å². The highest BCUT2D eigenvalue weighted by atomic mass is 15.3. The molecule has 4 heterocycles. The summed E-state index contributed by atoms with van der Waals surface area (Å²) >= 11 is 0. The molecule has 1 spiro atoms. The Morgan fingerprint density at radius 3 is 2.74 bits per heavy atom. The van der Waals surface area contributed by atoms with Crippen LogP contribution < -0.4 is 5.32 Å². The highest BCUT2D eigenvalue weighted by molar-refractivity contribution is 6.05. The fourth-order valence-electron chi connectivity index (χ4n) is 5.52. The predicted octanol–water partition coefficient (Wildman–Crippen LogP) is 2.66. The van der Waals surface area contributed by atoms with E-state index in [-0.39, 0.29) is 16.7 Å². The molecule has 3 aromatic heterocycles. The lowest BCUT2D eigenvalue weighted by molar-refractivity contribution is -0.0679. The Hall–Kier alpha value is -4.18. The number of likely N-dealkylation sites (tertiary alicyclic amines) is 1. The molecule has 10 nitrogen and oxygen atoms in total. The minimum absolute atomic E-state index is 0.182. The van der Waals surface area contributed by atoms with E-state index in [2.05, 4.69) is 27.8 Å². The number of hydrogen-bond donors (Lipinski definition) is 2. The van der Waals surface area contributed by atoms with Crippen LogP contribution in [0, 0.1) is 33.6 Å². The second-order valence-electron chi connectivity index (χ2n) is 9.34. The summed E-state index contributed by atoms with van der Waals surface area (Å²) in [6, 6.07) is 4.27. The molecule has 1 aliphatic heterocycles. The average molecular weight is 455 g/mol. The first-order valence-corrected chi connectivity index (χ1v) is 11.4. The van der Waals surface area contributed by atoms with Crippen LogP contribution in [0.2, 0.25) is 0 Å². The quantitative estimate of drug-likeness (QED) is 0.432. The molecule has 0 atom stereocenters. The third-order valence-corrected chi connectivity index (χ3v) is 7.21. The van der Waals surface area contributed by atoms with Gasteiger partial charge in [-0.25, -0.2) is 9.50 Å². The summed E-state index contributed by atoms with van der Waals surface area (Å²) in [6.07, 6.45) is 16.9. The van der Waals surface area contributed by atoms with Crippen LogP contribution in [0.25, 0.3) is 16.8 Å². The van der Waals surface area contributed by atoms with E-state index in [1.807, 2.05) is 21.8 Å². The Kier molecular flexibility index (Phi) is 5.29. The Morgan fingerprint density at radius 1 is 1.24 bits per heavy atom. The van der Waals surface area contributed by atoms with E-state index >= 15 is 0 Å². The van der Waals surface area contributed by atoms with Crippen LogP contribution in [0.4, 0.5) is 0 Å². The number of nitrogens with one attached hydrogen (secondary N) is 2. The Bertz CT molecular complexity index is 1330.